The number of benzene rings is 4. The molecule has 6 heteroatoms. The minimum absolute atomic E-state index is 0.424. The zero-order valence-corrected chi connectivity index (χ0v) is 24.5. The lowest BCUT2D eigenvalue weighted by Crippen LogP contribution is -2.48. The van der Waals surface area contributed by atoms with Crippen molar-refractivity contribution < 1.29 is 19.8 Å². The highest BCUT2D eigenvalue weighted by Gasteiger charge is 2.39. The lowest BCUT2D eigenvalue weighted by molar-refractivity contribution is -0.133. The van der Waals surface area contributed by atoms with Gasteiger partial charge in [-0.15, -0.1) is 0 Å². The summed E-state index contributed by atoms with van der Waals surface area (Å²) in [6, 6.07) is 26.0. The molecule has 0 saturated heterocycles. The van der Waals surface area contributed by atoms with Gasteiger partial charge in [-0.05, 0) is 58.4 Å². The first-order valence-corrected chi connectivity index (χ1v) is 14.7. The Balaban J connectivity index is 1.62. The predicted molar refractivity (Wildman–Crippen MR) is 165 cm³/mol. The molecule has 0 spiro atoms. The van der Waals surface area contributed by atoms with Crippen LogP contribution in [0.4, 0.5) is 0 Å². The number of amides is 2. The number of aliphatic hydroxyl groups is 2. The first-order valence-electron chi connectivity index (χ1n) is 14.7. The summed E-state index contributed by atoms with van der Waals surface area (Å²) in [5, 5.41) is 33.1. The smallest absolute Gasteiger partial charge is 0.230 e. The highest BCUT2D eigenvalue weighted by molar-refractivity contribution is 5.98. The van der Waals surface area contributed by atoms with Gasteiger partial charge in [0, 0.05) is 0 Å². The highest BCUT2D eigenvalue weighted by atomic mass is 16.3. The van der Waals surface area contributed by atoms with Crippen molar-refractivity contribution in [1.82, 2.24) is 10.6 Å². The van der Waals surface area contributed by atoms with Crippen molar-refractivity contribution >= 4 is 33.4 Å². The molecule has 0 aromatic heterocycles. The van der Waals surface area contributed by atoms with E-state index in [0.29, 0.717) is 25.7 Å². The fraction of sp³-hybridized carbons (Fsp3) is 0.371. The molecule has 0 fully saturated rings. The molecular weight excluding hydrogens is 512 g/mol. The summed E-state index contributed by atoms with van der Waals surface area (Å²) in [5.74, 6) is -0.983. The fourth-order valence-corrected chi connectivity index (χ4v) is 5.89. The minimum Gasteiger partial charge on any atom is -0.387 e. The standard InChI is InChI=1S/C35H42N2O4/c1-5-34(40,6-2)32(28-21-13-17-24-15-9-11-19-26(24)28)36-30(38)23-31(39)37-33(35(41,7-3)8-4)29-22-14-18-25-16-10-12-20-27(25)29/h9-22,32-33,40-41H,5-8,23H2,1-4H3,(H,36,38)(H,37,39)/t32-,33-/m1/s1. The van der Waals surface area contributed by atoms with Crippen LogP contribution in [0.15, 0.2) is 84.9 Å². The molecule has 2 amide bonds. The van der Waals surface area contributed by atoms with Gasteiger partial charge in [0.05, 0.1) is 23.3 Å². The van der Waals surface area contributed by atoms with Crippen LogP contribution in [0, 0.1) is 0 Å². The van der Waals surface area contributed by atoms with Crippen molar-refractivity contribution in [2.24, 2.45) is 0 Å². The number of hydrogen-bond donors (Lipinski definition) is 4. The lowest BCUT2D eigenvalue weighted by Gasteiger charge is -2.37. The maximum Gasteiger partial charge on any atom is 0.230 e. The van der Waals surface area contributed by atoms with Gasteiger partial charge < -0.3 is 20.8 Å². The van der Waals surface area contributed by atoms with Crippen molar-refractivity contribution in [3.05, 3.63) is 96.1 Å². The van der Waals surface area contributed by atoms with Gasteiger partial charge in [-0.1, -0.05) is 113 Å². The van der Waals surface area contributed by atoms with E-state index in [1.165, 1.54) is 0 Å². The molecule has 0 bridgehead atoms. The van der Waals surface area contributed by atoms with Gasteiger partial charge in [0.25, 0.3) is 0 Å². The zero-order chi connectivity index (χ0) is 29.6. The van der Waals surface area contributed by atoms with E-state index >= 15 is 0 Å². The number of nitrogens with one attached hydrogen (secondary N) is 2. The van der Waals surface area contributed by atoms with E-state index in [9.17, 15) is 19.8 Å². The first-order chi connectivity index (χ1) is 19.7. The fourth-order valence-electron chi connectivity index (χ4n) is 5.89. The molecule has 2 atom stereocenters. The van der Waals surface area contributed by atoms with Crippen LogP contribution in [-0.2, 0) is 9.59 Å². The van der Waals surface area contributed by atoms with E-state index < -0.39 is 41.5 Å². The van der Waals surface area contributed by atoms with Crippen LogP contribution in [0.3, 0.4) is 0 Å². The summed E-state index contributed by atoms with van der Waals surface area (Å²) in [5.41, 5.74) is -0.787. The van der Waals surface area contributed by atoms with Crippen LogP contribution in [0.1, 0.15) is 83.0 Å². The van der Waals surface area contributed by atoms with E-state index in [0.717, 1.165) is 32.7 Å². The van der Waals surface area contributed by atoms with Gasteiger partial charge >= 0.3 is 0 Å². The molecule has 0 aliphatic rings. The third kappa shape index (κ3) is 6.29. The molecule has 216 valence electrons. The maximum absolute atomic E-state index is 13.4. The van der Waals surface area contributed by atoms with Crippen LogP contribution in [0.2, 0.25) is 0 Å². The molecule has 41 heavy (non-hydrogen) atoms. The second kappa shape index (κ2) is 12.8. The van der Waals surface area contributed by atoms with E-state index in [-0.39, 0.29) is 0 Å². The third-order valence-corrected chi connectivity index (χ3v) is 8.72. The molecule has 0 unspecified atom stereocenters. The van der Waals surface area contributed by atoms with Gasteiger partial charge in [0.15, 0.2) is 0 Å². The molecule has 4 rings (SSSR count). The molecule has 4 N–H and O–H groups in total. The topological polar surface area (TPSA) is 98.7 Å². The van der Waals surface area contributed by atoms with Crippen LogP contribution in [0.5, 0.6) is 0 Å². The molecule has 0 radical (unpaired) electrons. The monoisotopic (exact) mass is 554 g/mol. The number of hydrogen-bond acceptors (Lipinski definition) is 4. The Hall–Kier alpha value is -3.74. The van der Waals surface area contributed by atoms with Crippen molar-refractivity contribution in [1.29, 1.82) is 0 Å². The summed E-state index contributed by atoms with van der Waals surface area (Å²) in [6.07, 6.45) is 1.26. The average Bonchev–Trinajstić information content (AvgIpc) is 3.01. The SMILES string of the molecule is CCC(O)(CC)[C@H](NC(=O)CC(=O)N[C@H](c1cccc2ccccc12)C(O)(CC)CC)c1cccc2ccccc12. The number of carbonyl (C=O) groups excluding carboxylic acids is 2. The second-order valence-electron chi connectivity index (χ2n) is 10.9. The highest BCUT2D eigenvalue weighted by Crippen LogP contribution is 2.37. The first kappa shape index (κ1) is 30.2. The number of rotatable bonds is 12. The van der Waals surface area contributed by atoms with Gasteiger partial charge in [-0.25, -0.2) is 0 Å². The molecule has 0 saturated carbocycles. The van der Waals surface area contributed by atoms with Gasteiger partial charge in [0.1, 0.15) is 6.42 Å². The molecule has 4 aromatic carbocycles. The summed E-state index contributed by atoms with van der Waals surface area (Å²) >= 11 is 0. The minimum atomic E-state index is -1.20. The Kier molecular flexibility index (Phi) is 9.46. The summed E-state index contributed by atoms with van der Waals surface area (Å²) < 4.78 is 0. The van der Waals surface area contributed by atoms with Crippen LogP contribution in [-0.4, -0.2) is 33.2 Å². The van der Waals surface area contributed by atoms with Crippen molar-refractivity contribution in [3.8, 4) is 0 Å². The Morgan fingerprint density at radius 1 is 0.585 bits per heavy atom. The van der Waals surface area contributed by atoms with Crippen LogP contribution < -0.4 is 10.6 Å². The normalized spacial score (nSPS) is 13.6. The number of carbonyl (C=O) groups is 2. The summed E-state index contributed by atoms with van der Waals surface area (Å²) in [4.78, 5) is 26.9. The molecule has 6 nitrogen and oxygen atoms in total. The van der Waals surface area contributed by atoms with E-state index in [4.69, 9.17) is 0 Å². The molecule has 0 heterocycles. The summed E-state index contributed by atoms with van der Waals surface area (Å²) in [6.45, 7) is 7.58. The van der Waals surface area contributed by atoms with Crippen LogP contribution in [0.25, 0.3) is 21.5 Å². The van der Waals surface area contributed by atoms with Crippen molar-refractivity contribution in [3.63, 3.8) is 0 Å². The zero-order valence-electron chi connectivity index (χ0n) is 24.5. The summed E-state index contributed by atoms with van der Waals surface area (Å²) in [7, 11) is 0. The average molecular weight is 555 g/mol. The molecule has 0 aliphatic heterocycles. The lowest BCUT2D eigenvalue weighted by atomic mass is 9.82. The Labute approximate surface area is 242 Å². The molecule has 0 aliphatic carbocycles. The van der Waals surface area contributed by atoms with Crippen molar-refractivity contribution in [2.45, 2.75) is 83.1 Å². The molecule has 4 aromatic rings. The Bertz CT molecular complexity index is 1380. The Morgan fingerprint density at radius 3 is 1.29 bits per heavy atom. The number of fused-ring (bicyclic) bond motifs is 2. The van der Waals surface area contributed by atoms with Crippen LogP contribution >= 0.6 is 0 Å². The molecular formula is C35H42N2O4. The van der Waals surface area contributed by atoms with E-state index in [2.05, 4.69) is 10.6 Å². The second-order valence-corrected chi connectivity index (χ2v) is 10.9. The quantitative estimate of drug-likeness (QED) is 0.150. The van der Waals surface area contributed by atoms with Gasteiger partial charge in [-0.3, -0.25) is 9.59 Å². The van der Waals surface area contributed by atoms with Gasteiger partial charge in [-0.2, -0.15) is 0 Å². The third-order valence-electron chi connectivity index (χ3n) is 8.72. The van der Waals surface area contributed by atoms with E-state index in [1.54, 1.807) is 0 Å². The largest absolute Gasteiger partial charge is 0.387 e. The Morgan fingerprint density at radius 2 is 0.927 bits per heavy atom. The van der Waals surface area contributed by atoms with E-state index in [1.807, 2.05) is 113 Å². The maximum atomic E-state index is 13.4. The van der Waals surface area contributed by atoms with Gasteiger partial charge in [0.2, 0.25) is 11.8 Å². The predicted octanol–water partition coefficient (Wildman–Crippen LogP) is 6.50. The van der Waals surface area contributed by atoms with Crippen molar-refractivity contribution in [2.75, 3.05) is 0 Å².